The third-order valence-corrected chi connectivity index (χ3v) is 4.49. The van der Waals surface area contributed by atoms with Gasteiger partial charge in [-0.25, -0.2) is 0 Å². The lowest BCUT2D eigenvalue weighted by molar-refractivity contribution is -0.0796. The van der Waals surface area contributed by atoms with Crippen molar-refractivity contribution >= 4 is 0 Å². The predicted molar refractivity (Wildman–Crippen MR) is 73.7 cm³/mol. The maximum Gasteiger partial charge on any atom is 0.0677 e. The van der Waals surface area contributed by atoms with Crippen molar-refractivity contribution in [3.8, 4) is 0 Å². The maximum absolute atomic E-state index is 6.25. The molecule has 2 heterocycles. The SMILES string of the molecule is CCNC(C1CCOC1)C1CC(C)(C)OC1(C)C. The zero-order chi connectivity index (χ0) is 13.4. The summed E-state index contributed by atoms with van der Waals surface area (Å²) >= 11 is 0. The molecule has 0 aromatic heterocycles. The second kappa shape index (κ2) is 5.10. The molecule has 2 aliphatic rings. The topological polar surface area (TPSA) is 30.5 Å². The molecule has 2 aliphatic heterocycles. The standard InChI is InChI=1S/C15H29NO2/c1-6-16-13(11-7-8-17-10-11)12-9-14(2,3)18-15(12,4)5/h11-13,16H,6-10H2,1-5H3. The van der Waals surface area contributed by atoms with E-state index in [4.69, 9.17) is 9.47 Å². The zero-order valence-electron chi connectivity index (χ0n) is 12.6. The Hall–Kier alpha value is -0.120. The lowest BCUT2D eigenvalue weighted by Gasteiger charge is -2.36. The smallest absolute Gasteiger partial charge is 0.0677 e. The third-order valence-electron chi connectivity index (χ3n) is 4.49. The fourth-order valence-corrected chi connectivity index (χ4v) is 3.87. The minimum atomic E-state index is -0.0427. The Bertz CT molecular complexity index is 282. The Morgan fingerprint density at radius 2 is 2.00 bits per heavy atom. The molecule has 2 fully saturated rings. The van der Waals surface area contributed by atoms with E-state index in [-0.39, 0.29) is 11.2 Å². The lowest BCUT2D eigenvalue weighted by atomic mass is 9.76. The fourth-order valence-electron chi connectivity index (χ4n) is 3.87. The summed E-state index contributed by atoms with van der Waals surface area (Å²) in [7, 11) is 0. The molecule has 3 atom stereocenters. The van der Waals surface area contributed by atoms with Gasteiger partial charge < -0.3 is 14.8 Å². The van der Waals surface area contributed by atoms with Gasteiger partial charge >= 0.3 is 0 Å². The van der Waals surface area contributed by atoms with Crippen molar-refractivity contribution in [1.82, 2.24) is 5.32 Å². The number of hydrogen-bond donors (Lipinski definition) is 1. The first-order chi connectivity index (χ1) is 8.36. The summed E-state index contributed by atoms with van der Waals surface area (Å²) in [4.78, 5) is 0. The molecule has 0 aliphatic carbocycles. The summed E-state index contributed by atoms with van der Waals surface area (Å²) < 4.78 is 11.8. The zero-order valence-corrected chi connectivity index (χ0v) is 12.6. The minimum absolute atomic E-state index is 0.00129. The first-order valence-electron chi connectivity index (χ1n) is 7.37. The van der Waals surface area contributed by atoms with Gasteiger partial charge in [-0.15, -0.1) is 0 Å². The second-order valence-corrected chi connectivity index (χ2v) is 6.98. The first-order valence-corrected chi connectivity index (χ1v) is 7.37. The van der Waals surface area contributed by atoms with Crippen molar-refractivity contribution < 1.29 is 9.47 Å². The molecule has 1 N–H and O–H groups in total. The molecule has 2 rings (SSSR count). The summed E-state index contributed by atoms with van der Waals surface area (Å²) in [6, 6.07) is 0.522. The molecule has 18 heavy (non-hydrogen) atoms. The van der Waals surface area contributed by atoms with Crippen LogP contribution in [0.1, 0.15) is 47.5 Å². The Kier molecular flexibility index (Phi) is 4.05. The van der Waals surface area contributed by atoms with E-state index in [1.807, 2.05) is 0 Å². The highest BCUT2D eigenvalue weighted by Crippen LogP contribution is 2.45. The van der Waals surface area contributed by atoms with Gasteiger partial charge in [0.1, 0.15) is 0 Å². The first kappa shape index (κ1) is 14.3. The van der Waals surface area contributed by atoms with Crippen LogP contribution in [-0.4, -0.2) is 37.0 Å². The third kappa shape index (κ3) is 2.89. The van der Waals surface area contributed by atoms with Gasteiger partial charge in [-0.1, -0.05) is 6.92 Å². The predicted octanol–water partition coefficient (Wildman–Crippen LogP) is 2.59. The highest BCUT2D eigenvalue weighted by molar-refractivity contribution is 5.01. The summed E-state index contributed by atoms with van der Waals surface area (Å²) in [5.41, 5.74) is -0.0414. The van der Waals surface area contributed by atoms with Crippen molar-refractivity contribution in [2.24, 2.45) is 11.8 Å². The molecule has 0 spiro atoms. The maximum atomic E-state index is 6.25. The van der Waals surface area contributed by atoms with Crippen LogP contribution in [0, 0.1) is 11.8 Å². The number of ether oxygens (including phenoxy) is 2. The average Bonchev–Trinajstić information content (AvgIpc) is 2.80. The van der Waals surface area contributed by atoms with Gasteiger partial charge in [0, 0.05) is 24.5 Å². The van der Waals surface area contributed by atoms with Crippen LogP contribution in [0.15, 0.2) is 0 Å². The normalized spacial score (nSPS) is 35.8. The largest absolute Gasteiger partial charge is 0.381 e. The number of hydrogen-bond acceptors (Lipinski definition) is 3. The Morgan fingerprint density at radius 3 is 2.44 bits per heavy atom. The molecule has 3 heteroatoms. The van der Waals surface area contributed by atoms with Gasteiger partial charge in [-0.3, -0.25) is 0 Å². The van der Waals surface area contributed by atoms with Gasteiger partial charge in [-0.2, -0.15) is 0 Å². The molecule has 0 bridgehead atoms. The van der Waals surface area contributed by atoms with E-state index in [0.29, 0.717) is 17.9 Å². The molecular formula is C15H29NO2. The molecule has 0 radical (unpaired) electrons. The molecule has 0 saturated carbocycles. The van der Waals surface area contributed by atoms with E-state index in [1.165, 1.54) is 6.42 Å². The van der Waals surface area contributed by atoms with Gasteiger partial charge in [0.2, 0.25) is 0 Å². The summed E-state index contributed by atoms with van der Waals surface area (Å²) in [5.74, 6) is 1.21. The Balaban J connectivity index is 2.14. The average molecular weight is 255 g/mol. The quantitative estimate of drug-likeness (QED) is 0.837. The minimum Gasteiger partial charge on any atom is -0.381 e. The van der Waals surface area contributed by atoms with Crippen molar-refractivity contribution in [3.05, 3.63) is 0 Å². The molecule has 0 amide bonds. The molecule has 3 nitrogen and oxygen atoms in total. The molecule has 106 valence electrons. The van der Waals surface area contributed by atoms with Gasteiger partial charge in [0.25, 0.3) is 0 Å². The van der Waals surface area contributed by atoms with E-state index in [9.17, 15) is 0 Å². The van der Waals surface area contributed by atoms with Crippen LogP contribution in [0.5, 0.6) is 0 Å². The second-order valence-electron chi connectivity index (χ2n) is 6.98. The van der Waals surface area contributed by atoms with Gasteiger partial charge in [0.15, 0.2) is 0 Å². The van der Waals surface area contributed by atoms with Gasteiger partial charge in [-0.05, 0) is 47.1 Å². The summed E-state index contributed by atoms with van der Waals surface area (Å²) in [6.45, 7) is 13.9. The molecular weight excluding hydrogens is 226 g/mol. The molecule has 3 unspecified atom stereocenters. The highest BCUT2D eigenvalue weighted by atomic mass is 16.5. The van der Waals surface area contributed by atoms with E-state index in [2.05, 4.69) is 39.9 Å². The Labute approximate surface area is 112 Å². The lowest BCUT2D eigenvalue weighted by Crippen LogP contribution is -2.48. The molecule has 0 aromatic carbocycles. The summed E-state index contributed by atoms with van der Waals surface area (Å²) in [6.07, 6.45) is 2.32. The summed E-state index contributed by atoms with van der Waals surface area (Å²) in [5, 5.41) is 3.70. The van der Waals surface area contributed by atoms with Gasteiger partial charge in [0.05, 0.1) is 17.8 Å². The number of nitrogens with one attached hydrogen (secondary N) is 1. The van der Waals surface area contributed by atoms with Crippen LogP contribution in [-0.2, 0) is 9.47 Å². The molecule has 2 saturated heterocycles. The van der Waals surface area contributed by atoms with E-state index in [0.717, 1.165) is 26.2 Å². The van der Waals surface area contributed by atoms with Crippen LogP contribution in [0.3, 0.4) is 0 Å². The van der Waals surface area contributed by atoms with Crippen LogP contribution in [0.25, 0.3) is 0 Å². The highest BCUT2D eigenvalue weighted by Gasteiger charge is 2.50. The van der Waals surface area contributed by atoms with E-state index in [1.54, 1.807) is 0 Å². The number of rotatable bonds is 4. The van der Waals surface area contributed by atoms with E-state index >= 15 is 0 Å². The van der Waals surface area contributed by atoms with Crippen LogP contribution >= 0.6 is 0 Å². The fraction of sp³-hybridized carbons (Fsp3) is 1.00. The van der Waals surface area contributed by atoms with Crippen LogP contribution in [0.2, 0.25) is 0 Å². The van der Waals surface area contributed by atoms with Crippen LogP contribution < -0.4 is 5.32 Å². The van der Waals surface area contributed by atoms with Crippen LogP contribution in [0.4, 0.5) is 0 Å². The van der Waals surface area contributed by atoms with Crippen molar-refractivity contribution in [3.63, 3.8) is 0 Å². The van der Waals surface area contributed by atoms with E-state index < -0.39 is 0 Å². The van der Waals surface area contributed by atoms with Crippen molar-refractivity contribution in [2.45, 2.75) is 64.7 Å². The Morgan fingerprint density at radius 1 is 1.28 bits per heavy atom. The monoisotopic (exact) mass is 255 g/mol. The molecule has 0 aromatic rings. The van der Waals surface area contributed by atoms with Crippen molar-refractivity contribution in [1.29, 1.82) is 0 Å². The van der Waals surface area contributed by atoms with Crippen molar-refractivity contribution in [2.75, 3.05) is 19.8 Å².